The Balaban J connectivity index is 0. The molecule has 0 amide bonds. The largest absolute Gasteiger partial charge is 0.463 e. The van der Waals surface area contributed by atoms with Crippen molar-refractivity contribution in [1.82, 2.24) is 0 Å². The summed E-state index contributed by atoms with van der Waals surface area (Å²) in [6.45, 7) is 7.14. The monoisotopic (exact) mass is 209 g/mol. The Bertz CT molecular complexity index is 201. The summed E-state index contributed by atoms with van der Waals surface area (Å²) in [4.78, 5) is 21.1. The fourth-order valence-electron chi connectivity index (χ4n) is 0.667. The molecular formula is C10H14BO4. The fraction of sp³-hybridized carbons (Fsp3) is 0.400. The van der Waals surface area contributed by atoms with Crippen molar-refractivity contribution in [2.75, 3.05) is 13.2 Å². The van der Waals surface area contributed by atoms with E-state index in [0.717, 1.165) is 12.2 Å². The van der Waals surface area contributed by atoms with Gasteiger partial charge in [0.1, 0.15) is 0 Å². The topological polar surface area (TPSA) is 52.6 Å². The van der Waals surface area contributed by atoms with Crippen LogP contribution in [0.4, 0.5) is 0 Å². The Hall–Kier alpha value is -1.52. The van der Waals surface area contributed by atoms with Gasteiger partial charge in [0.25, 0.3) is 0 Å². The molecule has 0 aromatic rings. The summed E-state index contributed by atoms with van der Waals surface area (Å²) in [6, 6.07) is 0. The molecule has 0 rings (SSSR count). The second-order valence-corrected chi connectivity index (χ2v) is 2.45. The van der Waals surface area contributed by atoms with Crippen molar-refractivity contribution in [3.63, 3.8) is 0 Å². The van der Waals surface area contributed by atoms with Crippen LogP contribution in [0.15, 0.2) is 25.3 Å². The molecule has 0 saturated carbocycles. The molecule has 4 nitrogen and oxygen atoms in total. The van der Waals surface area contributed by atoms with E-state index >= 15 is 0 Å². The van der Waals surface area contributed by atoms with Crippen LogP contribution in [0.2, 0.25) is 0 Å². The first-order valence-electron chi connectivity index (χ1n) is 4.29. The van der Waals surface area contributed by atoms with Crippen molar-refractivity contribution in [1.29, 1.82) is 0 Å². The molecule has 15 heavy (non-hydrogen) atoms. The van der Waals surface area contributed by atoms with E-state index < -0.39 is 11.9 Å². The Kier molecular flexibility index (Phi) is 11.2. The summed E-state index contributed by atoms with van der Waals surface area (Å²) < 4.78 is 9.41. The SMILES string of the molecule is C=CC(=O)OCCCCOC(=O)C=C.[B]. The summed E-state index contributed by atoms with van der Waals surface area (Å²) >= 11 is 0. The zero-order valence-corrected chi connectivity index (χ0v) is 8.61. The predicted molar refractivity (Wildman–Crippen MR) is 57.3 cm³/mol. The lowest BCUT2D eigenvalue weighted by atomic mass is 10.3. The van der Waals surface area contributed by atoms with Crippen LogP contribution < -0.4 is 0 Å². The number of carbonyl (C=O) groups excluding carboxylic acids is 2. The van der Waals surface area contributed by atoms with Crippen molar-refractivity contribution in [3.05, 3.63) is 25.3 Å². The first-order valence-corrected chi connectivity index (χ1v) is 4.29. The van der Waals surface area contributed by atoms with E-state index in [0.29, 0.717) is 26.1 Å². The maximum atomic E-state index is 10.6. The van der Waals surface area contributed by atoms with Gasteiger partial charge < -0.3 is 9.47 Å². The number of rotatable bonds is 7. The molecule has 0 atom stereocenters. The van der Waals surface area contributed by atoms with Gasteiger partial charge in [0.05, 0.1) is 13.2 Å². The summed E-state index contributed by atoms with van der Waals surface area (Å²) in [6.07, 6.45) is 3.53. The van der Waals surface area contributed by atoms with Crippen molar-refractivity contribution in [2.24, 2.45) is 0 Å². The van der Waals surface area contributed by atoms with Gasteiger partial charge in [-0.1, -0.05) is 13.2 Å². The highest BCUT2D eigenvalue weighted by Gasteiger charge is 1.97. The van der Waals surface area contributed by atoms with Crippen LogP contribution in [0.5, 0.6) is 0 Å². The Morgan fingerprint density at radius 2 is 1.27 bits per heavy atom. The summed E-state index contributed by atoms with van der Waals surface area (Å²) in [5, 5.41) is 0. The minimum absolute atomic E-state index is 0. The van der Waals surface area contributed by atoms with Crippen LogP contribution in [0.1, 0.15) is 12.8 Å². The summed E-state index contributed by atoms with van der Waals surface area (Å²) in [5.41, 5.74) is 0. The van der Waals surface area contributed by atoms with Crippen molar-refractivity contribution in [2.45, 2.75) is 12.8 Å². The molecule has 0 aliphatic rings. The fourth-order valence-corrected chi connectivity index (χ4v) is 0.667. The molecule has 0 N–H and O–H groups in total. The standard InChI is InChI=1S/C10H14O4.B/c1-3-9(11)13-7-5-6-8-14-10(12)4-2;/h3-4H,1-2,5-8H2;. The van der Waals surface area contributed by atoms with E-state index in [-0.39, 0.29) is 8.41 Å². The molecule has 0 aliphatic heterocycles. The maximum Gasteiger partial charge on any atom is 0.330 e. The molecule has 5 heteroatoms. The lowest BCUT2D eigenvalue weighted by molar-refractivity contribution is -0.140. The van der Waals surface area contributed by atoms with E-state index in [1.54, 1.807) is 0 Å². The minimum atomic E-state index is -0.437. The highest BCUT2D eigenvalue weighted by Crippen LogP contribution is 1.93. The Labute approximate surface area is 91.5 Å². The number of esters is 2. The van der Waals surface area contributed by atoms with Gasteiger partial charge >= 0.3 is 11.9 Å². The van der Waals surface area contributed by atoms with E-state index in [9.17, 15) is 9.59 Å². The van der Waals surface area contributed by atoms with Crippen molar-refractivity contribution in [3.8, 4) is 0 Å². The molecule has 3 radical (unpaired) electrons. The van der Waals surface area contributed by atoms with Gasteiger partial charge in [-0.3, -0.25) is 0 Å². The highest BCUT2D eigenvalue weighted by atomic mass is 16.5. The third kappa shape index (κ3) is 10.4. The number of hydrogen-bond acceptors (Lipinski definition) is 4. The van der Waals surface area contributed by atoms with Gasteiger partial charge in [0.2, 0.25) is 0 Å². The second kappa shape index (κ2) is 10.6. The number of ether oxygens (including phenoxy) is 2. The molecule has 0 spiro atoms. The zero-order valence-electron chi connectivity index (χ0n) is 8.61. The van der Waals surface area contributed by atoms with E-state index in [4.69, 9.17) is 9.47 Å². The van der Waals surface area contributed by atoms with Crippen LogP contribution in [-0.2, 0) is 19.1 Å². The third-order valence-corrected chi connectivity index (χ3v) is 1.36. The van der Waals surface area contributed by atoms with Crippen LogP contribution in [0.3, 0.4) is 0 Å². The summed E-state index contributed by atoms with van der Waals surface area (Å²) in [5.74, 6) is -0.874. The average molecular weight is 209 g/mol. The van der Waals surface area contributed by atoms with Crippen molar-refractivity contribution < 1.29 is 19.1 Å². The molecule has 0 aromatic heterocycles. The quantitative estimate of drug-likeness (QED) is 0.270. The molecule has 0 aliphatic carbocycles. The molecule has 0 heterocycles. The van der Waals surface area contributed by atoms with Gasteiger partial charge in [0.15, 0.2) is 0 Å². The molecule has 0 aromatic carbocycles. The normalized spacial score (nSPS) is 8.27. The zero-order chi connectivity index (χ0) is 10.8. The molecule has 0 fully saturated rings. The first-order chi connectivity index (χ1) is 6.70. The van der Waals surface area contributed by atoms with Gasteiger partial charge in [-0.2, -0.15) is 0 Å². The molecule has 0 bridgehead atoms. The van der Waals surface area contributed by atoms with Crippen molar-refractivity contribution >= 4 is 20.4 Å². The summed E-state index contributed by atoms with van der Waals surface area (Å²) in [7, 11) is 0. The lowest BCUT2D eigenvalue weighted by Crippen LogP contribution is -2.05. The lowest BCUT2D eigenvalue weighted by Gasteiger charge is -2.02. The van der Waals surface area contributed by atoms with Crippen LogP contribution in [0, 0.1) is 0 Å². The molecule has 0 saturated heterocycles. The van der Waals surface area contributed by atoms with E-state index in [1.165, 1.54) is 0 Å². The number of unbranched alkanes of at least 4 members (excludes halogenated alkanes) is 1. The second-order valence-electron chi connectivity index (χ2n) is 2.45. The first kappa shape index (κ1) is 15.9. The predicted octanol–water partition coefficient (Wildman–Crippen LogP) is 0.844. The number of carbonyl (C=O) groups is 2. The molecule has 0 unspecified atom stereocenters. The van der Waals surface area contributed by atoms with Crippen LogP contribution >= 0.6 is 0 Å². The van der Waals surface area contributed by atoms with Crippen LogP contribution in [-0.4, -0.2) is 33.6 Å². The van der Waals surface area contributed by atoms with Gasteiger partial charge in [0, 0.05) is 20.6 Å². The van der Waals surface area contributed by atoms with Gasteiger partial charge in [-0.05, 0) is 12.8 Å². The van der Waals surface area contributed by atoms with E-state index in [1.807, 2.05) is 0 Å². The Morgan fingerprint density at radius 3 is 1.53 bits per heavy atom. The average Bonchev–Trinajstić information content (AvgIpc) is 2.22. The molecule has 81 valence electrons. The van der Waals surface area contributed by atoms with Gasteiger partial charge in [-0.15, -0.1) is 0 Å². The van der Waals surface area contributed by atoms with Gasteiger partial charge in [-0.25, -0.2) is 9.59 Å². The molecular weight excluding hydrogens is 195 g/mol. The smallest absolute Gasteiger partial charge is 0.330 e. The number of hydrogen-bond donors (Lipinski definition) is 0. The Morgan fingerprint density at radius 1 is 0.933 bits per heavy atom. The maximum absolute atomic E-state index is 10.6. The van der Waals surface area contributed by atoms with Crippen LogP contribution in [0.25, 0.3) is 0 Å². The third-order valence-electron chi connectivity index (χ3n) is 1.36. The minimum Gasteiger partial charge on any atom is -0.463 e. The highest BCUT2D eigenvalue weighted by molar-refractivity contribution is 5.81. The van der Waals surface area contributed by atoms with E-state index in [2.05, 4.69) is 13.2 Å².